The number of halogens is 1. The number of rotatable bonds is 5. The molecular formula is C15H17FN4. The van der Waals surface area contributed by atoms with Crippen molar-refractivity contribution < 1.29 is 4.39 Å². The predicted octanol–water partition coefficient (Wildman–Crippen LogP) is 2.74. The Hall–Kier alpha value is -1.88. The van der Waals surface area contributed by atoms with Gasteiger partial charge in [0.1, 0.15) is 11.6 Å². The molecule has 1 fully saturated rings. The topological polar surface area (TPSA) is 50.7 Å². The van der Waals surface area contributed by atoms with Gasteiger partial charge in [-0.25, -0.2) is 14.4 Å². The quantitative estimate of drug-likeness (QED) is 0.909. The fourth-order valence-electron chi connectivity index (χ4n) is 2.13. The third-order valence-corrected chi connectivity index (χ3v) is 3.54. The first-order valence-corrected chi connectivity index (χ1v) is 6.88. The second kappa shape index (κ2) is 5.63. The number of nitrogens with zero attached hydrogens (tertiary/aromatic N) is 3. The van der Waals surface area contributed by atoms with Crippen molar-refractivity contribution in [1.82, 2.24) is 20.3 Å². The molecule has 0 aromatic carbocycles. The summed E-state index contributed by atoms with van der Waals surface area (Å²) in [5.74, 6) is 0.987. The fraction of sp³-hybridized carbons (Fsp3) is 0.400. The first-order chi connectivity index (χ1) is 9.74. The maximum absolute atomic E-state index is 14.0. The van der Waals surface area contributed by atoms with Crippen LogP contribution >= 0.6 is 0 Å². The lowest BCUT2D eigenvalue weighted by atomic mass is 10.1. The van der Waals surface area contributed by atoms with Gasteiger partial charge < -0.3 is 5.32 Å². The summed E-state index contributed by atoms with van der Waals surface area (Å²) in [6.45, 7) is 2.32. The molecule has 5 heteroatoms. The highest BCUT2D eigenvalue weighted by Crippen LogP contribution is 2.39. The highest BCUT2D eigenvalue weighted by molar-refractivity contribution is 5.23. The van der Waals surface area contributed by atoms with Crippen LogP contribution in [0.25, 0.3) is 0 Å². The number of aromatic nitrogens is 3. The summed E-state index contributed by atoms with van der Waals surface area (Å²) >= 11 is 0. The number of nitrogens with one attached hydrogen (secondary N) is 1. The summed E-state index contributed by atoms with van der Waals surface area (Å²) < 4.78 is 14.0. The summed E-state index contributed by atoms with van der Waals surface area (Å²) in [5, 5.41) is 3.19. The van der Waals surface area contributed by atoms with Gasteiger partial charge in [-0.15, -0.1) is 0 Å². The van der Waals surface area contributed by atoms with E-state index in [0.29, 0.717) is 24.0 Å². The Kier molecular flexibility index (Phi) is 3.69. The Bertz CT molecular complexity index is 584. The Balaban J connectivity index is 1.63. The van der Waals surface area contributed by atoms with Gasteiger partial charge in [-0.1, -0.05) is 0 Å². The minimum atomic E-state index is -0.233. The van der Waals surface area contributed by atoms with Crippen LogP contribution in [0.3, 0.4) is 0 Å². The Morgan fingerprint density at radius 3 is 2.70 bits per heavy atom. The second-order valence-corrected chi connectivity index (χ2v) is 5.18. The van der Waals surface area contributed by atoms with Crippen LogP contribution in [0.15, 0.2) is 30.7 Å². The lowest BCUT2D eigenvalue weighted by Gasteiger charge is -2.12. The van der Waals surface area contributed by atoms with Crippen molar-refractivity contribution in [3.8, 4) is 0 Å². The number of pyridine rings is 1. The molecule has 1 aliphatic rings. The summed E-state index contributed by atoms with van der Waals surface area (Å²) in [7, 11) is 0. The molecule has 4 nitrogen and oxygen atoms in total. The SMILES string of the molecule is C[C@@H](NCc1ncc(C2CC2)cc1F)c1ncccn1. The monoisotopic (exact) mass is 272 g/mol. The van der Waals surface area contributed by atoms with Crippen LogP contribution < -0.4 is 5.32 Å². The Labute approximate surface area is 117 Å². The molecule has 1 saturated carbocycles. The summed E-state index contributed by atoms with van der Waals surface area (Å²) in [5.41, 5.74) is 1.46. The molecule has 2 aromatic heterocycles. The minimum absolute atomic E-state index is 0.0412. The smallest absolute Gasteiger partial charge is 0.146 e. The maximum Gasteiger partial charge on any atom is 0.146 e. The molecule has 0 saturated heterocycles. The molecule has 20 heavy (non-hydrogen) atoms. The molecule has 0 radical (unpaired) electrons. The third kappa shape index (κ3) is 2.99. The van der Waals surface area contributed by atoms with E-state index in [1.807, 2.05) is 6.92 Å². The molecule has 3 rings (SSSR count). The van der Waals surface area contributed by atoms with E-state index in [2.05, 4.69) is 20.3 Å². The van der Waals surface area contributed by atoms with Crippen LogP contribution in [0.5, 0.6) is 0 Å². The van der Waals surface area contributed by atoms with Crippen molar-refractivity contribution in [1.29, 1.82) is 0 Å². The summed E-state index contributed by atoms with van der Waals surface area (Å²) in [6.07, 6.45) is 7.50. The van der Waals surface area contributed by atoms with E-state index in [9.17, 15) is 4.39 Å². The standard InChI is InChI=1S/C15H17FN4/c1-10(15-17-5-2-6-18-15)19-9-14-13(16)7-12(8-20-14)11-3-4-11/h2,5-8,10-11,19H,3-4,9H2,1H3/t10-/m1/s1. The molecule has 0 amide bonds. The van der Waals surface area contributed by atoms with Gasteiger partial charge in [0.25, 0.3) is 0 Å². The highest BCUT2D eigenvalue weighted by atomic mass is 19.1. The molecule has 0 aliphatic heterocycles. The van der Waals surface area contributed by atoms with Crippen LogP contribution in [0, 0.1) is 5.82 Å². The van der Waals surface area contributed by atoms with Crippen LogP contribution in [0.4, 0.5) is 4.39 Å². The number of hydrogen-bond acceptors (Lipinski definition) is 4. The zero-order valence-corrected chi connectivity index (χ0v) is 11.4. The van der Waals surface area contributed by atoms with E-state index in [0.717, 1.165) is 18.4 Å². The predicted molar refractivity (Wildman–Crippen MR) is 73.5 cm³/mol. The molecule has 1 aliphatic carbocycles. The van der Waals surface area contributed by atoms with Crippen LogP contribution in [0.2, 0.25) is 0 Å². The minimum Gasteiger partial charge on any atom is -0.302 e. The van der Waals surface area contributed by atoms with Crippen molar-refractivity contribution in [3.63, 3.8) is 0 Å². The molecule has 0 unspecified atom stereocenters. The molecule has 1 N–H and O–H groups in total. The highest BCUT2D eigenvalue weighted by Gasteiger charge is 2.24. The van der Waals surface area contributed by atoms with Crippen molar-refractivity contribution in [2.45, 2.75) is 38.3 Å². The zero-order valence-electron chi connectivity index (χ0n) is 11.4. The van der Waals surface area contributed by atoms with E-state index >= 15 is 0 Å². The average molecular weight is 272 g/mol. The van der Waals surface area contributed by atoms with Crippen molar-refractivity contribution in [2.24, 2.45) is 0 Å². The Morgan fingerprint density at radius 1 is 1.30 bits per heavy atom. The Morgan fingerprint density at radius 2 is 2.05 bits per heavy atom. The van der Waals surface area contributed by atoms with Gasteiger partial charge in [-0.3, -0.25) is 4.98 Å². The van der Waals surface area contributed by atoms with Crippen LogP contribution in [-0.2, 0) is 6.54 Å². The lowest BCUT2D eigenvalue weighted by molar-refractivity contribution is 0.515. The number of hydrogen-bond donors (Lipinski definition) is 1. The van der Waals surface area contributed by atoms with E-state index in [4.69, 9.17) is 0 Å². The van der Waals surface area contributed by atoms with Crippen molar-refractivity contribution in [3.05, 3.63) is 53.6 Å². The fourth-order valence-corrected chi connectivity index (χ4v) is 2.13. The van der Waals surface area contributed by atoms with Gasteiger partial charge in [-0.2, -0.15) is 0 Å². The first-order valence-electron chi connectivity index (χ1n) is 6.88. The van der Waals surface area contributed by atoms with Gasteiger partial charge >= 0.3 is 0 Å². The van der Waals surface area contributed by atoms with Gasteiger partial charge in [-0.05, 0) is 43.4 Å². The second-order valence-electron chi connectivity index (χ2n) is 5.18. The molecule has 0 spiro atoms. The van der Waals surface area contributed by atoms with Crippen molar-refractivity contribution >= 4 is 0 Å². The molecule has 2 aromatic rings. The van der Waals surface area contributed by atoms with Gasteiger partial charge in [0, 0.05) is 25.1 Å². The molecule has 104 valence electrons. The van der Waals surface area contributed by atoms with Crippen LogP contribution in [-0.4, -0.2) is 15.0 Å². The summed E-state index contributed by atoms with van der Waals surface area (Å²) in [4.78, 5) is 12.6. The molecule has 0 bridgehead atoms. The van der Waals surface area contributed by atoms with E-state index in [1.54, 1.807) is 30.7 Å². The van der Waals surface area contributed by atoms with Crippen LogP contribution in [0.1, 0.15) is 48.8 Å². The van der Waals surface area contributed by atoms with Gasteiger partial charge in [0.05, 0.1) is 11.7 Å². The van der Waals surface area contributed by atoms with E-state index in [-0.39, 0.29) is 11.9 Å². The van der Waals surface area contributed by atoms with E-state index in [1.165, 1.54) is 0 Å². The molecular weight excluding hydrogens is 255 g/mol. The van der Waals surface area contributed by atoms with Gasteiger partial charge in [0.15, 0.2) is 0 Å². The van der Waals surface area contributed by atoms with Gasteiger partial charge in [0.2, 0.25) is 0 Å². The normalized spacial score (nSPS) is 16.1. The maximum atomic E-state index is 14.0. The third-order valence-electron chi connectivity index (χ3n) is 3.54. The first kappa shape index (κ1) is 13.1. The zero-order chi connectivity index (χ0) is 13.9. The molecule has 2 heterocycles. The van der Waals surface area contributed by atoms with E-state index < -0.39 is 0 Å². The van der Waals surface area contributed by atoms with Crippen molar-refractivity contribution in [2.75, 3.05) is 0 Å². The lowest BCUT2D eigenvalue weighted by Crippen LogP contribution is -2.21. The largest absolute Gasteiger partial charge is 0.302 e. The molecule has 1 atom stereocenters. The summed E-state index contributed by atoms with van der Waals surface area (Å²) in [6, 6.07) is 3.35. The average Bonchev–Trinajstić information content (AvgIpc) is 3.31.